The van der Waals surface area contributed by atoms with Gasteiger partial charge in [-0.05, 0) is 18.3 Å². The second kappa shape index (κ2) is 3.92. The smallest absolute Gasteiger partial charge is 0.226 e. The van der Waals surface area contributed by atoms with Crippen molar-refractivity contribution in [2.24, 2.45) is 5.41 Å². The molecule has 16 heavy (non-hydrogen) atoms. The summed E-state index contributed by atoms with van der Waals surface area (Å²) in [4.78, 5) is 11.7. The van der Waals surface area contributed by atoms with Crippen LogP contribution in [0.1, 0.15) is 51.6 Å². The first-order valence-corrected chi connectivity index (χ1v) is 5.79. The maximum Gasteiger partial charge on any atom is 0.226 e. The lowest BCUT2D eigenvalue weighted by molar-refractivity contribution is -0.117. The highest BCUT2D eigenvalue weighted by Crippen LogP contribution is 2.39. The van der Waals surface area contributed by atoms with Crippen LogP contribution in [0.25, 0.3) is 0 Å². The number of amides is 1. The van der Waals surface area contributed by atoms with E-state index in [-0.39, 0.29) is 11.3 Å². The summed E-state index contributed by atoms with van der Waals surface area (Å²) >= 11 is 0. The maximum absolute atomic E-state index is 11.7. The molecule has 0 saturated heterocycles. The van der Waals surface area contributed by atoms with Crippen LogP contribution < -0.4 is 5.32 Å². The first kappa shape index (κ1) is 11.2. The average Bonchev–Trinajstić information content (AvgIpc) is 2.85. The Balaban J connectivity index is 1.90. The lowest BCUT2D eigenvalue weighted by atomic mass is 9.92. The van der Waals surface area contributed by atoms with Gasteiger partial charge in [0.25, 0.3) is 0 Å². The Morgan fingerprint density at radius 3 is 2.81 bits per heavy atom. The molecule has 0 unspecified atom stereocenters. The maximum atomic E-state index is 11.7. The Bertz CT molecular complexity index is 385. The van der Waals surface area contributed by atoms with Gasteiger partial charge in [-0.15, -0.1) is 0 Å². The normalized spacial score (nSPS) is 16.2. The highest BCUT2D eigenvalue weighted by atomic mass is 16.1. The number of aromatic amines is 1. The molecule has 0 aliphatic heterocycles. The van der Waals surface area contributed by atoms with E-state index in [1.807, 2.05) is 26.8 Å². The second-order valence-electron chi connectivity index (χ2n) is 5.77. The fourth-order valence-corrected chi connectivity index (χ4v) is 1.67. The topological polar surface area (TPSA) is 57.8 Å². The fraction of sp³-hybridized carbons (Fsp3) is 0.667. The molecule has 1 heterocycles. The van der Waals surface area contributed by atoms with Crippen LogP contribution >= 0.6 is 0 Å². The standard InChI is InChI=1S/C12H19N3O/c1-12(2,3)7-11(16)13-10-6-9(14-15-10)8-4-5-8/h6,8H,4-5,7H2,1-3H3,(H2,13,14,15,16). The van der Waals surface area contributed by atoms with Gasteiger partial charge in [0.1, 0.15) is 0 Å². The molecule has 0 aromatic carbocycles. The Hall–Kier alpha value is -1.32. The highest BCUT2D eigenvalue weighted by Gasteiger charge is 2.26. The van der Waals surface area contributed by atoms with Crippen LogP contribution in [0.15, 0.2) is 6.07 Å². The van der Waals surface area contributed by atoms with Crippen LogP contribution in [0.5, 0.6) is 0 Å². The van der Waals surface area contributed by atoms with E-state index < -0.39 is 0 Å². The molecule has 2 rings (SSSR count). The van der Waals surface area contributed by atoms with E-state index in [2.05, 4.69) is 15.5 Å². The van der Waals surface area contributed by atoms with Crippen molar-refractivity contribution < 1.29 is 4.79 Å². The van der Waals surface area contributed by atoms with Crippen molar-refractivity contribution in [2.45, 2.75) is 46.0 Å². The third-order valence-corrected chi connectivity index (χ3v) is 2.57. The van der Waals surface area contributed by atoms with Gasteiger partial charge in [0, 0.05) is 24.1 Å². The molecule has 1 saturated carbocycles. The van der Waals surface area contributed by atoms with Gasteiger partial charge in [-0.1, -0.05) is 20.8 Å². The number of nitrogens with zero attached hydrogens (tertiary/aromatic N) is 1. The van der Waals surface area contributed by atoms with Gasteiger partial charge in [0.2, 0.25) is 5.91 Å². The SMILES string of the molecule is CC(C)(C)CC(=O)Nc1cc(C2CC2)[nH]n1. The third kappa shape index (κ3) is 3.08. The van der Waals surface area contributed by atoms with E-state index in [4.69, 9.17) is 0 Å². The molecule has 4 nitrogen and oxygen atoms in total. The van der Waals surface area contributed by atoms with Gasteiger partial charge in [0.05, 0.1) is 0 Å². The van der Waals surface area contributed by atoms with Crippen LogP contribution in [-0.2, 0) is 4.79 Å². The molecule has 1 aliphatic rings. The first-order chi connectivity index (χ1) is 7.44. The third-order valence-electron chi connectivity index (χ3n) is 2.57. The summed E-state index contributed by atoms with van der Waals surface area (Å²) in [6, 6.07) is 1.94. The van der Waals surface area contributed by atoms with E-state index in [1.54, 1.807) is 0 Å². The molecule has 0 radical (unpaired) electrons. The van der Waals surface area contributed by atoms with E-state index in [9.17, 15) is 4.79 Å². The molecule has 1 aliphatic carbocycles. The lowest BCUT2D eigenvalue weighted by Crippen LogP contribution is -2.19. The van der Waals surface area contributed by atoms with Crippen LogP contribution in [0.4, 0.5) is 5.82 Å². The molecular formula is C12H19N3O. The lowest BCUT2D eigenvalue weighted by Gasteiger charge is -2.16. The zero-order valence-corrected chi connectivity index (χ0v) is 10.1. The highest BCUT2D eigenvalue weighted by molar-refractivity contribution is 5.90. The van der Waals surface area contributed by atoms with Crippen LogP contribution in [0.3, 0.4) is 0 Å². The molecule has 1 fully saturated rings. The molecule has 1 amide bonds. The number of carbonyl (C=O) groups excluding carboxylic acids is 1. The summed E-state index contributed by atoms with van der Waals surface area (Å²) in [5.74, 6) is 1.32. The summed E-state index contributed by atoms with van der Waals surface area (Å²) < 4.78 is 0. The molecule has 1 aromatic rings. The molecule has 0 bridgehead atoms. The fourth-order valence-electron chi connectivity index (χ4n) is 1.67. The summed E-state index contributed by atoms with van der Waals surface area (Å²) in [7, 11) is 0. The van der Waals surface area contributed by atoms with Crippen LogP contribution in [-0.4, -0.2) is 16.1 Å². The molecular weight excluding hydrogens is 202 g/mol. The molecule has 88 valence electrons. The molecule has 1 aromatic heterocycles. The molecule has 2 N–H and O–H groups in total. The number of aromatic nitrogens is 2. The zero-order valence-electron chi connectivity index (χ0n) is 10.1. The van der Waals surface area contributed by atoms with Gasteiger partial charge in [-0.2, -0.15) is 5.10 Å². The Kier molecular flexibility index (Phi) is 2.74. The van der Waals surface area contributed by atoms with Crippen molar-refractivity contribution in [3.05, 3.63) is 11.8 Å². The Labute approximate surface area is 95.8 Å². The summed E-state index contributed by atoms with van der Waals surface area (Å²) in [6.45, 7) is 6.15. The van der Waals surface area contributed by atoms with E-state index in [0.717, 1.165) is 5.69 Å². The number of carbonyl (C=O) groups is 1. The number of hydrogen-bond acceptors (Lipinski definition) is 2. The van der Waals surface area contributed by atoms with Gasteiger partial charge in [-0.25, -0.2) is 0 Å². The van der Waals surface area contributed by atoms with Crippen molar-refractivity contribution in [3.8, 4) is 0 Å². The minimum Gasteiger partial charge on any atom is -0.309 e. The summed E-state index contributed by atoms with van der Waals surface area (Å²) in [5, 5.41) is 9.88. The quantitative estimate of drug-likeness (QED) is 0.824. The molecule has 4 heteroatoms. The van der Waals surface area contributed by atoms with Crippen molar-refractivity contribution in [1.82, 2.24) is 10.2 Å². The van der Waals surface area contributed by atoms with Gasteiger partial charge >= 0.3 is 0 Å². The van der Waals surface area contributed by atoms with Crippen molar-refractivity contribution in [3.63, 3.8) is 0 Å². The summed E-state index contributed by atoms with van der Waals surface area (Å²) in [6.07, 6.45) is 2.98. The average molecular weight is 221 g/mol. The van der Waals surface area contributed by atoms with E-state index in [1.165, 1.54) is 12.8 Å². The predicted octanol–water partition coefficient (Wildman–Crippen LogP) is 2.66. The number of rotatable bonds is 3. The number of H-pyrrole nitrogens is 1. The first-order valence-electron chi connectivity index (χ1n) is 5.79. The zero-order chi connectivity index (χ0) is 11.8. The van der Waals surface area contributed by atoms with Crippen LogP contribution in [0, 0.1) is 5.41 Å². The molecule has 0 spiro atoms. The van der Waals surface area contributed by atoms with Crippen LogP contribution in [0.2, 0.25) is 0 Å². The van der Waals surface area contributed by atoms with Gasteiger partial charge in [0.15, 0.2) is 5.82 Å². The Morgan fingerprint density at radius 1 is 1.56 bits per heavy atom. The largest absolute Gasteiger partial charge is 0.309 e. The predicted molar refractivity (Wildman–Crippen MR) is 63.3 cm³/mol. The molecule has 0 atom stereocenters. The van der Waals surface area contributed by atoms with Gasteiger partial charge < -0.3 is 5.32 Å². The minimum atomic E-state index is 0.0136. The van der Waals surface area contributed by atoms with Crippen molar-refractivity contribution in [2.75, 3.05) is 5.32 Å². The van der Waals surface area contributed by atoms with E-state index >= 15 is 0 Å². The summed E-state index contributed by atoms with van der Waals surface area (Å²) in [5.41, 5.74) is 1.16. The number of nitrogens with one attached hydrogen (secondary N) is 2. The van der Waals surface area contributed by atoms with E-state index in [0.29, 0.717) is 18.2 Å². The van der Waals surface area contributed by atoms with Crippen molar-refractivity contribution >= 4 is 11.7 Å². The monoisotopic (exact) mass is 221 g/mol. The van der Waals surface area contributed by atoms with Gasteiger partial charge in [-0.3, -0.25) is 9.89 Å². The number of hydrogen-bond donors (Lipinski definition) is 2. The Morgan fingerprint density at radius 2 is 2.25 bits per heavy atom. The number of anilines is 1. The van der Waals surface area contributed by atoms with Crippen molar-refractivity contribution in [1.29, 1.82) is 0 Å². The minimum absolute atomic E-state index is 0.0136. The second-order valence-corrected chi connectivity index (χ2v) is 5.77.